The molecule has 0 N–H and O–H groups in total. The number of amides is 1. The van der Waals surface area contributed by atoms with Crippen LogP contribution in [0, 0.1) is 0 Å². The summed E-state index contributed by atoms with van der Waals surface area (Å²) in [5, 5.41) is 0. The van der Waals surface area contributed by atoms with Crippen LogP contribution < -0.4 is 0 Å². The van der Waals surface area contributed by atoms with Crippen LogP contribution in [0.1, 0.15) is 39.7 Å². The van der Waals surface area contributed by atoms with Gasteiger partial charge in [0.2, 0.25) is 5.78 Å². The zero-order valence-corrected chi connectivity index (χ0v) is 12.2. The van der Waals surface area contributed by atoms with Crippen molar-refractivity contribution in [2.75, 3.05) is 0 Å². The van der Waals surface area contributed by atoms with Gasteiger partial charge in [-0.05, 0) is 39.7 Å². The van der Waals surface area contributed by atoms with Crippen LogP contribution in [0.25, 0.3) is 0 Å². The fraction of sp³-hybridized carbons (Fsp3) is 0.500. The Kier molecular flexibility index (Phi) is 5.74. The monoisotopic (exact) mass is 261 g/mol. The number of Topliss-reactive ketones (excluding diaryl/α,β-unsaturated/α-hetero) is 1. The number of carbonyl (C=O) groups excluding carboxylic acids is 2. The van der Waals surface area contributed by atoms with Crippen molar-refractivity contribution in [2.24, 2.45) is 0 Å². The number of nitrogens with zero attached hydrogens (tertiary/aromatic N) is 1. The molecular weight excluding hydrogens is 238 g/mol. The summed E-state index contributed by atoms with van der Waals surface area (Å²) in [5.74, 6) is -0.660. The van der Waals surface area contributed by atoms with Gasteiger partial charge in [0.15, 0.2) is 0 Å². The second-order valence-electron chi connectivity index (χ2n) is 5.31. The lowest BCUT2D eigenvalue weighted by molar-refractivity contribution is -0.147. The summed E-state index contributed by atoms with van der Waals surface area (Å²) in [7, 11) is 0. The molecule has 1 aromatic carbocycles. The Morgan fingerprint density at radius 1 is 1.00 bits per heavy atom. The van der Waals surface area contributed by atoms with Crippen molar-refractivity contribution in [2.45, 2.75) is 52.6 Å². The third kappa shape index (κ3) is 4.51. The summed E-state index contributed by atoms with van der Waals surface area (Å²) in [4.78, 5) is 25.7. The molecule has 0 aliphatic rings. The topological polar surface area (TPSA) is 37.4 Å². The van der Waals surface area contributed by atoms with Gasteiger partial charge in [0.05, 0.1) is 0 Å². The maximum absolute atomic E-state index is 12.1. The van der Waals surface area contributed by atoms with E-state index in [1.165, 1.54) is 0 Å². The fourth-order valence-corrected chi connectivity index (χ4v) is 2.22. The number of hydrogen-bond donors (Lipinski definition) is 0. The molecule has 104 valence electrons. The standard InChI is InChI=1S/C16H23NO2/c1-12(2)17(13(3)4)16(19)15(18)11-10-14-8-6-5-7-9-14/h5-9,12-13H,10-11H2,1-4H3. The minimum atomic E-state index is -0.360. The minimum absolute atomic E-state index is 0.0492. The highest BCUT2D eigenvalue weighted by molar-refractivity contribution is 6.36. The van der Waals surface area contributed by atoms with Crippen LogP contribution >= 0.6 is 0 Å². The lowest BCUT2D eigenvalue weighted by Crippen LogP contribution is -2.45. The number of aryl methyl sites for hydroxylation is 1. The van der Waals surface area contributed by atoms with Crippen LogP contribution in [-0.2, 0) is 16.0 Å². The Hall–Kier alpha value is -1.64. The molecule has 0 spiro atoms. The summed E-state index contributed by atoms with van der Waals surface area (Å²) in [6.07, 6.45) is 0.897. The van der Waals surface area contributed by atoms with Gasteiger partial charge in [-0.3, -0.25) is 9.59 Å². The van der Waals surface area contributed by atoms with Crippen molar-refractivity contribution >= 4 is 11.7 Å². The molecule has 0 unspecified atom stereocenters. The molecule has 1 amide bonds. The third-order valence-corrected chi connectivity index (χ3v) is 3.07. The van der Waals surface area contributed by atoms with Crippen molar-refractivity contribution in [3.05, 3.63) is 35.9 Å². The van der Waals surface area contributed by atoms with Crippen molar-refractivity contribution < 1.29 is 9.59 Å². The molecule has 0 bridgehead atoms. The number of hydrogen-bond acceptors (Lipinski definition) is 2. The number of benzene rings is 1. The summed E-state index contributed by atoms with van der Waals surface area (Å²) < 4.78 is 0. The van der Waals surface area contributed by atoms with Crippen molar-refractivity contribution in [1.82, 2.24) is 4.90 Å². The molecule has 0 saturated carbocycles. The van der Waals surface area contributed by atoms with Crippen molar-refractivity contribution in [3.8, 4) is 0 Å². The van der Waals surface area contributed by atoms with E-state index in [9.17, 15) is 9.59 Å². The van der Waals surface area contributed by atoms with Crippen LogP contribution in [0.5, 0.6) is 0 Å². The van der Waals surface area contributed by atoms with Gasteiger partial charge < -0.3 is 4.90 Å². The molecule has 3 nitrogen and oxygen atoms in total. The molecule has 1 rings (SSSR count). The first-order valence-electron chi connectivity index (χ1n) is 6.83. The van der Waals surface area contributed by atoms with Gasteiger partial charge in [-0.2, -0.15) is 0 Å². The first kappa shape index (κ1) is 15.4. The molecule has 1 aromatic rings. The minimum Gasteiger partial charge on any atom is -0.331 e. The van der Waals surface area contributed by atoms with Crippen LogP contribution in [-0.4, -0.2) is 28.7 Å². The zero-order valence-electron chi connectivity index (χ0n) is 12.2. The number of rotatable bonds is 6. The predicted octanol–water partition coefficient (Wildman–Crippen LogP) is 2.83. The lowest BCUT2D eigenvalue weighted by atomic mass is 10.1. The van der Waals surface area contributed by atoms with Gasteiger partial charge in [0.25, 0.3) is 5.91 Å². The van der Waals surface area contributed by atoms with Gasteiger partial charge in [0.1, 0.15) is 0 Å². The maximum Gasteiger partial charge on any atom is 0.290 e. The highest BCUT2D eigenvalue weighted by Crippen LogP contribution is 2.09. The average molecular weight is 261 g/mol. The van der Waals surface area contributed by atoms with E-state index in [2.05, 4.69) is 0 Å². The quantitative estimate of drug-likeness (QED) is 0.738. The normalized spacial score (nSPS) is 10.8. The Balaban J connectivity index is 2.60. The first-order chi connectivity index (χ1) is 8.93. The van der Waals surface area contributed by atoms with E-state index in [0.29, 0.717) is 6.42 Å². The number of ketones is 1. The molecular formula is C16H23NO2. The Labute approximate surface area is 115 Å². The van der Waals surface area contributed by atoms with E-state index >= 15 is 0 Å². The van der Waals surface area contributed by atoms with Crippen LogP contribution in [0.4, 0.5) is 0 Å². The van der Waals surface area contributed by atoms with E-state index < -0.39 is 0 Å². The molecule has 0 saturated heterocycles. The molecule has 19 heavy (non-hydrogen) atoms. The van der Waals surface area contributed by atoms with Gasteiger partial charge >= 0.3 is 0 Å². The Bertz CT molecular complexity index is 416. The summed E-state index contributed by atoms with van der Waals surface area (Å²) in [5.41, 5.74) is 1.09. The highest BCUT2D eigenvalue weighted by Gasteiger charge is 2.25. The molecule has 0 aliphatic heterocycles. The summed E-state index contributed by atoms with van der Waals surface area (Å²) >= 11 is 0. The van der Waals surface area contributed by atoms with E-state index in [0.717, 1.165) is 5.56 Å². The molecule has 3 heteroatoms. The van der Waals surface area contributed by atoms with Crippen LogP contribution in [0.3, 0.4) is 0 Å². The van der Waals surface area contributed by atoms with E-state index in [4.69, 9.17) is 0 Å². The predicted molar refractivity (Wildman–Crippen MR) is 76.9 cm³/mol. The van der Waals surface area contributed by atoms with Gasteiger partial charge in [0, 0.05) is 18.5 Å². The summed E-state index contributed by atoms with van der Waals surface area (Å²) in [6.45, 7) is 7.73. The van der Waals surface area contributed by atoms with E-state index in [1.807, 2.05) is 58.0 Å². The van der Waals surface area contributed by atoms with Crippen molar-refractivity contribution in [1.29, 1.82) is 0 Å². The first-order valence-corrected chi connectivity index (χ1v) is 6.83. The van der Waals surface area contributed by atoms with E-state index in [-0.39, 0.29) is 30.2 Å². The second-order valence-corrected chi connectivity index (χ2v) is 5.31. The van der Waals surface area contributed by atoms with Crippen molar-refractivity contribution in [3.63, 3.8) is 0 Å². The second kappa shape index (κ2) is 7.07. The third-order valence-electron chi connectivity index (χ3n) is 3.07. The largest absolute Gasteiger partial charge is 0.331 e. The van der Waals surface area contributed by atoms with Gasteiger partial charge in [-0.15, -0.1) is 0 Å². The van der Waals surface area contributed by atoms with Crippen LogP contribution in [0.15, 0.2) is 30.3 Å². The highest BCUT2D eigenvalue weighted by atomic mass is 16.2. The Morgan fingerprint density at radius 2 is 1.53 bits per heavy atom. The number of carbonyl (C=O) groups is 2. The van der Waals surface area contributed by atoms with Gasteiger partial charge in [-0.1, -0.05) is 30.3 Å². The molecule has 0 fully saturated rings. The molecule has 0 aliphatic carbocycles. The smallest absolute Gasteiger partial charge is 0.290 e. The fourth-order valence-electron chi connectivity index (χ4n) is 2.22. The zero-order chi connectivity index (χ0) is 14.4. The van der Waals surface area contributed by atoms with Crippen LogP contribution in [0.2, 0.25) is 0 Å². The maximum atomic E-state index is 12.1. The summed E-state index contributed by atoms with van der Waals surface area (Å²) in [6, 6.07) is 9.87. The average Bonchev–Trinajstić information content (AvgIpc) is 2.36. The molecule has 0 heterocycles. The molecule has 0 atom stereocenters. The molecule has 0 radical (unpaired) electrons. The molecule has 0 aromatic heterocycles. The van der Waals surface area contributed by atoms with Gasteiger partial charge in [-0.25, -0.2) is 0 Å². The van der Waals surface area contributed by atoms with E-state index in [1.54, 1.807) is 4.90 Å². The Morgan fingerprint density at radius 3 is 2.00 bits per heavy atom. The SMILES string of the molecule is CC(C)N(C(=O)C(=O)CCc1ccccc1)C(C)C. The lowest BCUT2D eigenvalue weighted by Gasteiger charge is -2.30.